The van der Waals surface area contributed by atoms with Crippen molar-refractivity contribution >= 4 is 21.2 Å². The van der Waals surface area contributed by atoms with E-state index in [1.807, 2.05) is 31.5 Å². The minimum atomic E-state index is -3.29. The van der Waals surface area contributed by atoms with Gasteiger partial charge >= 0.3 is 0 Å². The first-order valence-corrected chi connectivity index (χ1v) is 13.2. The third kappa shape index (κ3) is 4.46. The Morgan fingerprint density at radius 2 is 1.94 bits per heavy atom. The number of Topliss-reactive ketones (excluding diaryl/α,β-unsaturated/α-hetero) is 1. The van der Waals surface area contributed by atoms with Crippen LogP contribution in [0, 0.1) is 5.92 Å². The highest BCUT2D eigenvalue weighted by Gasteiger charge is 2.40. The second kappa shape index (κ2) is 8.27. The number of benzene rings is 1. The normalized spacial score (nSPS) is 24.1. The lowest BCUT2D eigenvalue weighted by molar-refractivity contribution is -0.113. The van der Waals surface area contributed by atoms with Crippen molar-refractivity contribution in [2.75, 3.05) is 0 Å². The van der Waals surface area contributed by atoms with Gasteiger partial charge in [-0.2, -0.15) is 5.10 Å². The van der Waals surface area contributed by atoms with Gasteiger partial charge in [-0.3, -0.25) is 9.48 Å². The number of nitrogens with zero attached hydrogens (tertiary/aromatic N) is 2. The van der Waals surface area contributed by atoms with Crippen LogP contribution in [-0.2, 0) is 28.1 Å². The van der Waals surface area contributed by atoms with E-state index in [0.29, 0.717) is 22.6 Å². The predicted octanol–water partition coefficient (Wildman–Crippen LogP) is 3.59. The minimum absolute atomic E-state index is 0.0235. The van der Waals surface area contributed by atoms with Crippen LogP contribution in [0.5, 0.6) is 0 Å². The summed E-state index contributed by atoms with van der Waals surface area (Å²) in [7, 11) is -1.46. The van der Waals surface area contributed by atoms with Gasteiger partial charge in [-0.05, 0) is 86.1 Å². The van der Waals surface area contributed by atoms with Gasteiger partial charge in [0.15, 0.2) is 15.6 Å². The van der Waals surface area contributed by atoms with Crippen molar-refractivity contribution < 1.29 is 18.3 Å². The summed E-state index contributed by atoms with van der Waals surface area (Å²) in [4.78, 5) is 13.8. The van der Waals surface area contributed by atoms with Crippen LogP contribution < -0.4 is 0 Å². The molecule has 1 N–H and O–H groups in total. The molecule has 1 aromatic carbocycles. The SMILES string of the molecule is Cn1ccc(CC(=O)/C(=C/[C@H]2CCC(O)C2)c2ccc(S(=O)(=O)C3CC3)c(C3CC3)c2)n1. The Labute approximate surface area is 189 Å². The van der Waals surface area contributed by atoms with Gasteiger partial charge in [0.05, 0.1) is 28.4 Å². The number of hydrogen-bond acceptors (Lipinski definition) is 5. The molecule has 3 saturated carbocycles. The van der Waals surface area contributed by atoms with Gasteiger partial charge < -0.3 is 5.11 Å². The summed E-state index contributed by atoms with van der Waals surface area (Å²) >= 11 is 0. The lowest BCUT2D eigenvalue weighted by Crippen LogP contribution is -2.12. The molecule has 0 amide bonds. The highest BCUT2D eigenvalue weighted by Crippen LogP contribution is 2.46. The number of aliphatic hydroxyl groups excluding tert-OH is 1. The molecular formula is C25H30N2O4S. The fraction of sp³-hybridized carbons (Fsp3) is 0.520. The van der Waals surface area contributed by atoms with Crippen molar-refractivity contribution in [3.8, 4) is 0 Å². The fourth-order valence-electron chi connectivity index (χ4n) is 4.79. The number of carbonyl (C=O) groups is 1. The van der Waals surface area contributed by atoms with Crippen LogP contribution >= 0.6 is 0 Å². The van der Waals surface area contributed by atoms with Crippen molar-refractivity contribution in [1.29, 1.82) is 0 Å². The second-order valence-electron chi connectivity index (χ2n) is 9.66. The van der Waals surface area contributed by atoms with Crippen LogP contribution in [0.3, 0.4) is 0 Å². The first-order chi connectivity index (χ1) is 15.3. The molecule has 0 aliphatic heterocycles. The third-order valence-corrected chi connectivity index (χ3v) is 9.20. The molecule has 7 heteroatoms. The topological polar surface area (TPSA) is 89.3 Å². The van der Waals surface area contributed by atoms with Crippen LogP contribution in [0.2, 0.25) is 0 Å². The Kier molecular flexibility index (Phi) is 5.58. The molecule has 2 aromatic rings. The van der Waals surface area contributed by atoms with E-state index in [2.05, 4.69) is 5.10 Å². The van der Waals surface area contributed by atoms with Gasteiger partial charge in [0.1, 0.15) is 0 Å². The van der Waals surface area contributed by atoms with E-state index < -0.39 is 9.84 Å². The van der Waals surface area contributed by atoms with E-state index in [0.717, 1.165) is 49.7 Å². The lowest BCUT2D eigenvalue weighted by atomic mass is 9.92. The molecule has 32 heavy (non-hydrogen) atoms. The number of allylic oxidation sites excluding steroid dienone is 2. The maximum absolute atomic E-state index is 13.4. The second-order valence-corrected chi connectivity index (χ2v) is 11.9. The van der Waals surface area contributed by atoms with E-state index in [-0.39, 0.29) is 35.4 Å². The zero-order valence-corrected chi connectivity index (χ0v) is 19.2. The summed E-state index contributed by atoms with van der Waals surface area (Å²) in [6.07, 6.45) is 9.42. The third-order valence-electron chi connectivity index (χ3n) is 6.87. The molecule has 1 heterocycles. The van der Waals surface area contributed by atoms with E-state index in [9.17, 15) is 18.3 Å². The molecule has 0 saturated heterocycles. The van der Waals surface area contributed by atoms with Gasteiger partial charge in [0.2, 0.25) is 0 Å². The average molecular weight is 455 g/mol. The number of aliphatic hydroxyl groups is 1. The summed E-state index contributed by atoms with van der Waals surface area (Å²) in [5.74, 6) is 0.385. The Balaban J connectivity index is 1.52. The number of sulfone groups is 1. The van der Waals surface area contributed by atoms with Crippen molar-refractivity contribution in [3.63, 3.8) is 0 Å². The van der Waals surface area contributed by atoms with E-state index in [1.165, 1.54) is 0 Å². The van der Waals surface area contributed by atoms with E-state index >= 15 is 0 Å². The van der Waals surface area contributed by atoms with Gasteiger partial charge in [0.25, 0.3) is 0 Å². The highest BCUT2D eigenvalue weighted by atomic mass is 32.2. The first kappa shape index (κ1) is 21.6. The van der Waals surface area contributed by atoms with Gasteiger partial charge in [-0.15, -0.1) is 0 Å². The molecule has 1 aromatic heterocycles. The van der Waals surface area contributed by atoms with E-state index in [4.69, 9.17) is 0 Å². The molecule has 0 bridgehead atoms. The van der Waals surface area contributed by atoms with Crippen molar-refractivity contribution in [3.05, 3.63) is 53.4 Å². The zero-order valence-electron chi connectivity index (χ0n) is 18.4. The Bertz CT molecular complexity index is 1170. The Morgan fingerprint density at radius 3 is 2.53 bits per heavy atom. The summed E-state index contributed by atoms with van der Waals surface area (Å²) in [6.45, 7) is 0. The largest absolute Gasteiger partial charge is 0.393 e. The standard InChI is InChI=1S/C25H30N2O4S/c1-27-11-10-19(26-27)15-24(29)22(13-16-2-6-20(28)12-16)18-5-9-25(23(14-18)17-3-4-17)32(30,31)21-7-8-21/h5,9-11,13-14,16-17,20-21,28H,2-4,6-8,12,15H2,1H3/b22-13+/t16-,20?/m0/s1. The average Bonchev–Trinajstić information content (AvgIpc) is 3.68. The molecule has 1 unspecified atom stereocenters. The molecule has 3 aliphatic carbocycles. The molecule has 0 spiro atoms. The van der Waals surface area contributed by atoms with Crippen LogP contribution in [0.15, 0.2) is 41.4 Å². The maximum atomic E-state index is 13.4. The molecule has 6 nitrogen and oxygen atoms in total. The van der Waals surface area contributed by atoms with E-state index in [1.54, 1.807) is 16.8 Å². The maximum Gasteiger partial charge on any atom is 0.181 e. The van der Waals surface area contributed by atoms with Crippen LogP contribution in [-0.4, -0.2) is 40.4 Å². The monoisotopic (exact) mass is 454 g/mol. The fourth-order valence-corrected chi connectivity index (χ4v) is 6.72. The van der Waals surface area contributed by atoms with Crippen LogP contribution in [0.1, 0.15) is 67.7 Å². The molecule has 0 radical (unpaired) electrons. The van der Waals surface area contributed by atoms with Gasteiger partial charge in [-0.25, -0.2) is 8.42 Å². The molecule has 5 rings (SSSR count). The van der Waals surface area contributed by atoms with Crippen LogP contribution in [0.25, 0.3) is 5.57 Å². The molecule has 3 aliphatic rings. The number of hydrogen-bond donors (Lipinski definition) is 1. The smallest absolute Gasteiger partial charge is 0.181 e. The minimum Gasteiger partial charge on any atom is -0.393 e. The van der Waals surface area contributed by atoms with Crippen molar-refractivity contribution in [2.24, 2.45) is 13.0 Å². The first-order valence-electron chi connectivity index (χ1n) is 11.6. The summed E-state index contributed by atoms with van der Waals surface area (Å²) in [5.41, 5.74) is 2.98. The number of rotatable bonds is 8. The number of aryl methyl sites for hydroxylation is 1. The molecule has 170 valence electrons. The zero-order chi connectivity index (χ0) is 22.5. The molecule has 3 fully saturated rings. The summed E-state index contributed by atoms with van der Waals surface area (Å²) in [5, 5.41) is 14.1. The van der Waals surface area contributed by atoms with Crippen LogP contribution in [0.4, 0.5) is 0 Å². The number of aromatic nitrogens is 2. The summed E-state index contributed by atoms with van der Waals surface area (Å²) < 4.78 is 27.7. The quantitative estimate of drug-likeness (QED) is 0.616. The van der Waals surface area contributed by atoms with Gasteiger partial charge in [-0.1, -0.05) is 12.1 Å². The van der Waals surface area contributed by atoms with Gasteiger partial charge in [0, 0.05) is 18.8 Å². The number of carbonyl (C=O) groups excluding carboxylic acids is 1. The highest BCUT2D eigenvalue weighted by molar-refractivity contribution is 7.92. The molecular weight excluding hydrogens is 424 g/mol. The molecule has 2 atom stereocenters. The van der Waals surface area contributed by atoms with Crippen molar-refractivity contribution in [1.82, 2.24) is 9.78 Å². The van der Waals surface area contributed by atoms with Crippen molar-refractivity contribution in [2.45, 2.75) is 73.5 Å². The Morgan fingerprint density at radius 1 is 1.16 bits per heavy atom. The Hall–Kier alpha value is -2.25. The lowest BCUT2D eigenvalue weighted by Gasteiger charge is -2.15. The number of ketones is 1. The summed E-state index contributed by atoms with van der Waals surface area (Å²) in [6, 6.07) is 7.31. The predicted molar refractivity (Wildman–Crippen MR) is 122 cm³/mol.